The van der Waals surface area contributed by atoms with E-state index in [0.29, 0.717) is 25.4 Å². The summed E-state index contributed by atoms with van der Waals surface area (Å²) in [4.78, 5) is 27.3. The number of carbonyl (C=O) groups is 2. The van der Waals surface area contributed by atoms with Gasteiger partial charge in [-0.1, -0.05) is 0 Å². The minimum Gasteiger partial charge on any atom is -0.464 e. The second kappa shape index (κ2) is 5.66. The first kappa shape index (κ1) is 14.6. The van der Waals surface area contributed by atoms with Crippen LogP contribution in [0.2, 0.25) is 0 Å². The van der Waals surface area contributed by atoms with E-state index in [-0.39, 0.29) is 6.04 Å². The van der Waals surface area contributed by atoms with Crippen LogP contribution in [0.4, 0.5) is 0 Å². The fourth-order valence-electron chi connectivity index (χ4n) is 2.57. The molecule has 0 saturated carbocycles. The highest BCUT2D eigenvalue weighted by atomic mass is 16.3. The Kier molecular flexibility index (Phi) is 4.13. The number of rotatable bonds is 4. The minimum atomic E-state index is -0.505. The highest BCUT2D eigenvalue weighted by Gasteiger charge is 2.38. The van der Waals surface area contributed by atoms with Gasteiger partial charge in [0.15, 0.2) is 0 Å². The van der Waals surface area contributed by atoms with Crippen LogP contribution in [0.1, 0.15) is 31.4 Å². The monoisotopic (exact) mass is 279 g/mol. The summed E-state index contributed by atoms with van der Waals surface area (Å²) in [5.41, 5.74) is 6.00. The van der Waals surface area contributed by atoms with E-state index in [0.717, 1.165) is 5.76 Å². The summed E-state index contributed by atoms with van der Waals surface area (Å²) in [6, 6.07) is 2.93. The molecule has 6 nitrogen and oxygen atoms in total. The molecule has 0 spiro atoms. The maximum atomic E-state index is 12.3. The Morgan fingerprint density at radius 3 is 2.50 bits per heavy atom. The molecule has 1 fully saturated rings. The third kappa shape index (κ3) is 2.56. The lowest BCUT2D eigenvalue weighted by Crippen LogP contribution is -2.57. The first-order chi connectivity index (χ1) is 9.45. The average molecular weight is 279 g/mol. The van der Waals surface area contributed by atoms with Gasteiger partial charge in [0.2, 0.25) is 0 Å². The van der Waals surface area contributed by atoms with Crippen molar-refractivity contribution in [3.05, 3.63) is 23.7 Å². The van der Waals surface area contributed by atoms with Crippen LogP contribution < -0.4 is 5.73 Å². The second-order valence-electron chi connectivity index (χ2n) is 5.14. The van der Waals surface area contributed by atoms with Gasteiger partial charge >= 0.3 is 11.8 Å². The number of aryl methyl sites for hydroxylation is 1. The number of amides is 2. The number of piperazine rings is 1. The summed E-state index contributed by atoms with van der Waals surface area (Å²) >= 11 is 0. The highest BCUT2D eigenvalue weighted by Crippen LogP contribution is 2.27. The van der Waals surface area contributed by atoms with Crippen molar-refractivity contribution in [3.63, 3.8) is 0 Å². The molecular weight excluding hydrogens is 258 g/mol. The molecule has 2 amide bonds. The maximum Gasteiger partial charge on any atom is 0.312 e. The average Bonchev–Trinajstić information content (AvgIpc) is 2.81. The molecule has 0 aliphatic carbocycles. The van der Waals surface area contributed by atoms with Crippen LogP contribution in [0, 0.1) is 6.92 Å². The molecule has 6 heteroatoms. The van der Waals surface area contributed by atoms with Gasteiger partial charge in [0.05, 0.1) is 0 Å². The van der Waals surface area contributed by atoms with Crippen LogP contribution in [0.3, 0.4) is 0 Å². The second-order valence-corrected chi connectivity index (χ2v) is 5.14. The molecule has 1 aliphatic heterocycles. The summed E-state index contributed by atoms with van der Waals surface area (Å²) in [6.45, 7) is 7.06. The molecular formula is C14H21N3O3. The molecule has 2 atom stereocenters. The van der Waals surface area contributed by atoms with E-state index in [2.05, 4.69) is 0 Å². The lowest BCUT2D eigenvalue weighted by molar-refractivity contribution is -0.158. The third-order valence-electron chi connectivity index (χ3n) is 3.61. The third-order valence-corrected chi connectivity index (χ3v) is 3.61. The Bertz CT molecular complexity index is 510. The van der Waals surface area contributed by atoms with Gasteiger partial charge in [0, 0.05) is 25.7 Å². The smallest absolute Gasteiger partial charge is 0.312 e. The topological polar surface area (TPSA) is 79.8 Å². The van der Waals surface area contributed by atoms with E-state index in [1.54, 1.807) is 4.90 Å². The van der Waals surface area contributed by atoms with E-state index in [4.69, 9.17) is 10.2 Å². The quantitative estimate of drug-likeness (QED) is 0.821. The SMILES string of the molecule is CCN1CCN(C(c2ccc(C)o2)C(C)N)C(=O)C1=O. The van der Waals surface area contributed by atoms with Crippen molar-refractivity contribution in [2.24, 2.45) is 5.73 Å². The summed E-state index contributed by atoms with van der Waals surface area (Å²) < 4.78 is 5.60. The maximum absolute atomic E-state index is 12.3. The molecule has 1 saturated heterocycles. The number of hydrogen-bond donors (Lipinski definition) is 1. The fraction of sp³-hybridized carbons (Fsp3) is 0.571. The molecule has 110 valence electrons. The van der Waals surface area contributed by atoms with Crippen molar-refractivity contribution in [1.82, 2.24) is 9.80 Å². The molecule has 2 N–H and O–H groups in total. The van der Waals surface area contributed by atoms with Crippen LogP contribution in [0.25, 0.3) is 0 Å². The van der Waals surface area contributed by atoms with E-state index in [9.17, 15) is 9.59 Å². The van der Waals surface area contributed by atoms with Crippen LogP contribution >= 0.6 is 0 Å². The fourth-order valence-corrected chi connectivity index (χ4v) is 2.57. The molecule has 0 radical (unpaired) electrons. The first-order valence-corrected chi connectivity index (χ1v) is 6.87. The first-order valence-electron chi connectivity index (χ1n) is 6.87. The van der Waals surface area contributed by atoms with Crippen molar-refractivity contribution < 1.29 is 14.0 Å². The Hall–Kier alpha value is -1.82. The normalized spacial score (nSPS) is 19.4. The largest absolute Gasteiger partial charge is 0.464 e. The zero-order valence-electron chi connectivity index (χ0n) is 12.1. The standard InChI is InChI=1S/C14H21N3O3/c1-4-16-7-8-17(14(19)13(16)18)12(10(3)15)11-6-5-9(2)20-11/h5-6,10,12H,4,7-8,15H2,1-3H3. The van der Waals surface area contributed by atoms with Gasteiger partial charge in [-0.25, -0.2) is 0 Å². The minimum absolute atomic E-state index is 0.314. The van der Waals surface area contributed by atoms with E-state index in [1.165, 1.54) is 4.90 Å². The molecule has 2 unspecified atom stereocenters. The Labute approximate surface area is 118 Å². The lowest BCUT2D eigenvalue weighted by Gasteiger charge is -2.38. The van der Waals surface area contributed by atoms with Crippen molar-refractivity contribution in [2.75, 3.05) is 19.6 Å². The van der Waals surface area contributed by atoms with Crippen molar-refractivity contribution in [3.8, 4) is 0 Å². The van der Waals surface area contributed by atoms with Crippen LogP contribution in [-0.2, 0) is 9.59 Å². The number of nitrogens with two attached hydrogens (primary N) is 1. The summed E-state index contributed by atoms with van der Waals surface area (Å²) in [5.74, 6) is 0.419. The van der Waals surface area contributed by atoms with Gasteiger partial charge in [-0.2, -0.15) is 0 Å². The van der Waals surface area contributed by atoms with Crippen LogP contribution in [0.5, 0.6) is 0 Å². The zero-order chi connectivity index (χ0) is 14.9. The molecule has 20 heavy (non-hydrogen) atoms. The molecule has 2 heterocycles. The van der Waals surface area contributed by atoms with Gasteiger partial charge < -0.3 is 20.0 Å². The molecule has 2 rings (SSSR count). The van der Waals surface area contributed by atoms with Crippen LogP contribution in [-0.4, -0.2) is 47.3 Å². The predicted octanol–water partition coefficient (Wildman–Crippen LogP) is 0.667. The van der Waals surface area contributed by atoms with Crippen molar-refractivity contribution >= 4 is 11.8 Å². The molecule has 1 aromatic rings. The summed E-state index contributed by atoms with van der Waals surface area (Å²) in [5, 5.41) is 0. The zero-order valence-corrected chi connectivity index (χ0v) is 12.1. The van der Waals surface area contributed by atoms with E-state index < -0.39 is 17.9 Å². The number of furan rings is 1. The lowest BCUT2D eigenvalue weighted by atomic mass is 10.0. The van der Waals surface area contributed by atoms with E-state index >= 15 is 0 Å². The number of hydrogen-bond acceptors (Lipinski definition) is 4. The summed E-state index contributed by atoms with van der Waals surface area (Å²) in [7, 11) is 0. The van der Waals surface area contributed by atoms with Gasteiger partial charge in [0.1, 0.15) is 17.6 Å². The Morgan fingerprint density at radius 1 is 1.30 bits per heavy atom. The van der Waals surface area contributed by atoms with Crippen LogP contribution in [0.15, 0.2) is 16.5 Å². The predicted molar refractivity (Wildman–Crippen MR) is 73.8 cm³/mol. The Balaban J connectivity index is 2.27. The number of nitrogens with zero attached hydrogens (tertiary/aromatic N) is 2. The molecule has 1 aromatic heterocycles. The highest BCUT2D eigenvalue weighted by molar-refractivity contribution is 6.35. The van der Waals surface area contributed by atoms with Crippen molar-refractivity contribution in [1.29, 1.82) is 0 Å². The molecule has 0 aromatic carbocycles. The van der Waals surface area contributed by atoms with Gasteiger partial charge in [0.25, 0.3) is 0 Å². The van der Waals surface area contributed by atoms with Gasteiger partial charge in [-0.3, -0.25) is 9.59 Å². The van der Waals surface area contributed by atoms with E-state index in [1.807, 2.05) is 32.9 Å². The van der Waals surface area contributed by atoms with Gasteiger partial charge in [-0.15, -0.1) is 0 Å². The van der Waals surface area contributed by atoms with Crippen molar-refractivity contribution in [2.45, 2.75) is 32.9 Å². The number of carbonyl (C=O) groups excluding carboxylic acids is 2. The summed E-state index contributed by atoms with van der Waals surface area (Å²) in [6.07, 6.45) is 0. The number of likely N-dealkylation sites (N-methyl/N-ethyl adjacent to an activating group) is 1. The Morgan fingerprint density at radius 2 is 2.00 bits per heavy atom. The molecule has 0 bridgehead atoms. The molecule has 1 aliphatic rings. The van der Waals surface area contributed by atoms with Gasteiger partial charge in [-0.05, 0) is 32.9 Å².